The third-order valence-corrected chi connectivity index (χ3v) is 3.18. The molecule has 1 aromatic carbocycles. The predicted octanol–water partition coefficient (Wildman–Crippen LogP) is 3.26. The summed E-state index contributed by atoms with van der Waals surface area (Å²) in [5.41, 5.74) is 0.999. The number of carbonyl (C=O) groups excluding carboxylic acids is 1. The number of amidine groups is 1. The van der Waals surface area contributed by atoms with Gasteiger partial charge in [-0.05, 0) is 23.8 Å². The largest absolute Gasteiger partial charge is 0.495 e. The molecule has 0 unspecified atom stereocenters. The number of benzene rings is 1. The van der Waals surface area contributed by atoms with E-state index in [0.29, 0.717) is 22.3 Å². The Balaban J connectivity index is 2.34. The maximum atomic E-state index is 11.9. The summed E-state index contributed by atoms with van der Waals surface area (Å²) in [7, 11) is 1.56. The highest BCUT2D eigenvalue weighted by molar-refractivity contribution is 6.32. The summed E-state index contributed by atoms with van der Waals surface area (Å²) in [4.78, 5) is 16.2. The van der Waals surface area contributed by atoms with E-state index in [1.165, 1.54) is 0 Å². The molecule has 0 aromatic heterocycles. The van der Waals surface area contributed by atoms with Gasteiger partial charge in [-0.2, -0.15) is 0 Å². The lowest BCUT2D eigenvalue weighted by Crippen LogP contribution is -2.34. The van der Waals surface area contributed by atoms with Crippen molar-refractivity contribution in [2.45, 2.75) is 20.8 Å². The van der Waals surface area contributed by atoms with Gasteiger partial charge in [0.2, 0.25) is 0 Å². The van der Waals surface area contributed by atoms with Crippen LogP contribution in [0.15, 0.2) is 28.9 Å². The summed E-state index contributed by atoms with van der Waals surface area (Å²) in [5.74, 6) is 1.08. The minimum Gasteiger partial charge on any atom is -0.495 e. The Bertz CT molecular complexity index is 613. The van der Waals surface area contributed by atoms with E-state index >= 15 is 0 Å². The van der Waals surface area contributed by atoms with Crippen molar-refractivity contribution in [3.8, 4) is 5.75 Å². The summed E-state index contributed by atoms with van der Waals surface area (Å²) >= 11 is 6.06. The average Bonchev–Trinajstić information content (AvgIpc) is 2.71. The molecule has 0 aliphatic carbocycles. The van der Waals surface area contributed by atoms with Crippen molar-refractivity contribution in [1.82, 2.24) is 5.32 Å². The number of nitrogens with zero attached hydrogens (tertiary/aromatic N) is 1. The van der Waals surface area contributed by atoms with Crippen LogP contribution >= 0.6 is 11.6 Å². The molecular formula is C15H17ClN2O2. The Morgan fingerprint density at radius 1 is 1.35 bits per heavy atom. The quantitative estimate of drug-likeness (QED) is 0.851. The molecule has 0 fully saturated rings. The molecule has 5 heteroatoms. The first kappa shape index (κ1) is 14.6. The van der Waals surface area contributed by atoms with Crippen LogP contribution in [0, 0.1) is 5.41 Å². The fourth-order valence-corrected chi connectivity index (χ4v) is 2.02. The molecule has 0 spiro atoms. The lowest BCUT2D eigenvalue weighted by molar-refractivity contribution is -0.115. The number of methoxy groups -OCH3 is 1. The van der Waals surface area contributed by atoms with E-state index in [1.54, 1.807) is 25.3 Å². The molecule has 1 heterocycles. The van der Waals surface area contributed by atoms with Crippen molar-refractivity contribution >= 4 is 29.4 Å². The zero-order chi connectivity index (χ0) is 14.9. The highest BCUT2D eigenvalue weighted by Crippen LogP contribution is 2.27. The van der Waals surface area contributed by atoms with Gasteiger partial charge in [0.25, 0.3) is 5.91 Å². The Morgan fingerprint density at radius 2 is 2.05 bits per heavy atom. The Morgan fingerprint density at radius 3 is 2.55 bits per heavy atom. The molecule has 1 aliphatic rings. The molecule has 2 rings (SSSR count). The van der Waals surface area contributed by atoms with Crippen LogP contribution in [0.2, 0.25) is 5.02 Å². The monoisotopic (exact) mass is 292 g/mol. The van der Waals surface area contributed by atoms with Crippen LogP contribution in [0.1, 0.15) is 26.3 Å². The second-order valence-corrected chi connectivity index (χ2v) is 6.00. The molecule has 1 N–H and O–H groups in total. The molecule has 0 saturated heterocycles. The first-order chi connectivity index (χ1) is 9.31. The van der Waals surface area contributed by atoms with Crippen molar-refractivity contribution in [2.75, 3.05) is 7.11 Å². The summed E-state index contributed by atoms with van der Waals surface area (Å²) in [6.07, 6.45) is 1.71. The number of halogens is 1. The summed E-state index contributed by atoms with van der Waals surface area (Å²) in [5, 5.41) is 3.29. The zero-order valence-electron chi connectivity index (χ0n) is 12.0. The number of ether oxygens (including phenoxy) is 1. The van der Waals surface area contributed by atoms with Crippen LogP contribution in [0.5, 0.6) is 5.75 Å². The number of hydrogen-bond donors (Lipinski definition) is 1. The molecule has 1 aromatic rings. The second-order valence-electron chi connectivity index (χ2n) is 5.59. The number of carbonyl (C=O) groups is 1. The molecule has 0 saturated carbocycles. The molecule has 0 radical (unpaired) electrons. The molecule has 106 valence electrons. The van der Waals surface area contributed by atoms with Crippen LogP contribution < -0.4 is 10.1 Å². The lowest BCUT2D eigenvalue weighted by Gasteiger charge is -2.16. The van der Waals surface area contributed by atoms with Crippen molar-refractivity contribution in [2.24, 2.45) is 10.4 Å². The Hall–Kier alpha value is -1.81. The van der Waals surface area contributed by atoms with Crippen LogP contribution in [-0.4, -0.2) is 18.9 Å². The van der Waals surface area contributed by atoms with Crippen LogP contribution in [0.3, 0.4) is 0 Å². The maximum absolute atomic E-state index is 11.9. The number of aliphatic imine (C=N–C) groups is 1. The van der Waals surface area contributed by atoms with Gasteiger partial charge in [0.15, 0.2) is 0 Å². The van der Waals surface area contributed by atoms with E-state index in [1.807, 2.05) is 26.8 Å². The standard InChI is InChI=1S/C15H17ClN2O2/c1-15(2,3)14-17-11(13(19)18-14)8-9-5-6-12(20-4)10(16)7-9/h5-8H,1-4H3,(H,17,18,19)/b11-8+. The third kappa shape index (κ3) is 3.02. The Kier molecular flexibility index (Phi) is 3.86. The van der Waals surface area contributed by atoms with Crippen molar-refractivity contribution in [3.05, 3.63) is 34.5 Å². The first-order valence-electron chi connectivity index (χ1n) is 6.27. The number of amides is 1. The van der Waals surface area contributed by atoms with Gasteiger partial charge in [-0.25, -0.2) is 4.99 Å². The number of nitrogens with one attached hydrogen (secondary N) is 1. The molecule has 0 bridgehead atoms. The number of rotatable bonds is 2. The first-order valence-corrected chi connectivity index (χ1v) is 6.65. The van der Waals surface area contributed by atoms with Gasteiger partial charge in [0.05, 0.1) is 12.1 Å². The molecule has 20 heavy (non-hydrogen) atoms. The molecular weight excluding hydrogens is 276 g/mol. The predicted molar refractivity (Wildman–Crippen MR) is 81.0 cm³/mol. The number of hydrogen-bond acceptors (Lipinski definition) is 3. The normalized spacial score (nSPS) is 17.1. The van der Waals surface area contributed by atoms with E-state index in [-0.39, 0.29) is 11.3 Å². The van der Waals surface area contributed by atoms with Gasteiger partial charge < -0.3 is 10.1 Å². The van der Waals surface area contributed by atoms with Crippen LogP contribution in [-0.2, 0) is 4.79 Å². The van der Waals surface area contributed by atoms with Crippen LogP contribution in [0.4, 0.5) is 0 Å². The van der Waals surface area contributed by atoms with Crippen molar-refractivity contribution in [3.63, 3.8) is 0 Å². The van der Waals surface area contributed by atoms with Gasteiger partial charge in [0, 0.05) is 5.41 Å². The third-order valence-electron chi connectivity index (χ3n) is 2.89. The van der Waals surface area contributed by atoms with E-state index in [0.717, 1.165) is 5.56 Å². The van der Waals surface area contributed by atoms with Gasteiger partial charge in [-0.1, -0.05) is 38.4 Å². The fraction of sp³-hybridized carbons (Fsp3) is 0.333. The smallest absolute Gasteiger partial charge is 0.275 e. The molecule has 4 nitrogen and oxygen atoms in total. The van der Waals surface area contributed by atoms with E-state index in [9.17, 15) is 4.79 Å². The van der Waals surface area contributed by atoms with Gasteiger partial charge in [0.1, 0.15) is 17.3 Å². The summed E-state index contributed by atoms with van der Waals surface area (Å²) in [6.45, 7) is 6.00. The highest BCUT2D eigenvalue weighted by atomic mass is 35.5. The van der Waals surface area contributed by atoms with E-state index < -0.39 is 0 Å². The van der Waals surface area contributed by atoms with Gasteiger partial charge >= 0.3 is 0 Å². The zero-order valence-corrected chi connectivity index (χ0v) is 12.7. The summed E-state index contributed by atoms with van der Waals surface area (Å²) < 4.78 is 5.09. The molecule has 1 aliphatic heterocycles. The Labute approximate surface area is 123 Å². The topological polar surface area (TPSA) is 50.7 Å². The maximum Gasteiger partial charge on any atom is 0.275 e. The molecule has 0 atom stereocenters. The van der Waals surface area contributed by atoms with E-state index in [2.05, 4.69) is 10.3 Å². The lowest BCUT2D eigenvalue weighted by atomic mass is 9.95. The minimum absolute atomic E-state index is 0.192. The fourth-order valence-electron chi connectivity index (χ4n) is 1.75. The highest BCUT2D eigenvalue weighted by Gasteiger charge is 2.28. The SMILES string of the molecule is COc1ccc(/C=C2/N=C(C(C)(C)C)NC2=O)cc1Cl. The van der Waals surface area contributed by atoms with Crippen molar-refractivity contribution < 1.29 is 9.53 Å². The van der Waals surface area contributed by atoms with Crippen LogP contribution in [0.25, 0.3) is 6.08 Å². The molecule has 1 amide bonds. The average molecular weight is 293 g/mol. The van der Waals surface area contributed by atoms with Crippen molar-refractivity contribution in [1.29, 1.82) is 0 Å². The minimum atomic E-state index is -0.193. The van der Waals surface area contributed by atoms with Gasteiger partial charge in [-0.15, -0.1) is 0 Å². The van der Waals surface area contributed by atoms with E-state index in [4.69, 9.17) is 16.3 Å². The second kappa shape index (κ2) is 5.29. The summed E-state index contributed by atoms with van der Waals surface area (Å²) in [6, 6.07) is 5.33. The van der Waals surface area contributed by atoms with Gasteiger partial charge in [-0.3, -0.25) is 4.79 Å².